The molecule has 1 aliphatic rings. The molecule has 0 bridgehead atoms. The topological polar surface area (TPSA) is 83.7 Å². The molecule has 1 saturated heterocycles. The summed E-state index contributed by atoms with van der Waals surface area (Å²) < 4.78 is 0. The molecule has 0 spiro atoms. The van der Waals surface area contributed by atoms with Crippen molar-refractivity contribution in [2.45, 2.75) is 26.4 Å². The first-order valence-corrected chi connectivity index (χ1v) is 6.51. The molecular weight excluding hydrogens is 260 g/mol. The normalized spacial score (nSPS) is 16.9. The van der Waals surface area contributed by atoms with Gasteiger partial charge in [-0.3, -0.25) is 14.9 Å². The van der Waals surface area contributed by atoms with Crippen molar-refractivity contribution >= 4 is 11.6 Å². The molecule has 1 N–H and O–H groups in total. The summed E-state index contributed by atoms with van der Waals surface area (Å²) >= 11 is 0. The molecule has 6 heteroatoms. The predicted molar refractivity (Wildman–Crippen MR) is 73.5 cm³/mol. The number of aryl methyl sites for hydroxylation is 1. The molecule has 1 heterocycles. The van der Waals surface area contributed by atoms with Crippen LogP contribution in [-0.4, -0.2) is 39.5 Å². The molecular formula is C14H18N2O4. The summed E-state index contributed by atoms with van der Waals surface area (Å²) in [6, 6.07) is 4.19. The number of hydrogen-bond donors (Lipinski definition) is 1. The molecule has 1 aromatic carbocycles. The minimum Gasteiger partial charge on any atom is -0.386 e. The largest absolute Gasteiger partial charge is 0.386 e. The van der Waals surface area contributed by atoms with E-state index in [0.29, 0.717) is 24.2 Å². The van der Waals surface area contributed by atoms with Gasteiger partial charge in [0.25, 0.3) is 11.6 Å². The maximum atomic E-state index is 12.3. The molecule has 1 amide bonds. The van der Waals surface area contributed by atoms with Crippen molar-refractivity contribution in [2.75, 3.05) is 13.1 Å². The van der Waals surface area contributed by atoms with Gasteiger partial charge in [-0.15, -0.1) is 0 Å². The number of hydrogen-bond acceptors (Lipinski definition) is 4. The lowest BCUT2D eigenvalue weighted by Crippen LogP contribution is -2.66. The third kappa shape index (κ3) is 2.38. The van der Waals surface area contributed by atoms with Crippen molar-refractivity contribution in [2.24, 2.45) is 5.92 Å². The number of aliphatic hydroxyl groups is 1. The maximum absolute atomic E-state index is 12.3. The fourth-order valence-electron chi connectivity index (χ4n) is 2.30. The van der Waals surface area contributed by atoms with E-state index >= 15 is 0 Å². The Balaban J connectivity index is 2.14. The van der Waals surface area contributed by atoms with Crippen molar-refractivity contribution in [3.8, 4) is 0 Å². The third-order valence-electron chi connectivity index (χ3n) is 3.94. The minimum absolute atomic E-state index is 0.0265. The second kappa shape index (κ2) is 4.86. The van der Waals surface area contributed by atoms with Gasteiger partial charge in [-0.25, -0.2) is 0 Å². The molecule has 2 rings (SSSR count). The summed E-state index contributed by atoms with van der Waals surface area (Å²) in [4.78, 5) is 24.0. The number of likely N-dealkylation sites (tertiary alicyclic amines) is 1. The first kappa shape index (κ1) is 14.5. The van der Waals surface area contributed by atoms with E-state index in [1.54, 1.807) is 11.8 Å². The van der Waals surface area contributed by atoms with Crippen LogP contribution in [0.3, 0.4) is 0 Å². The van der Waals surface area contributed by atoms with E-state index in [9.17, 15) is 20.0 Å². The molecule has 0 atom stereocenters. The molecule has 108 valence electrons. The molecule has 1 aromatic rings. The molecule has 1 aliphatic heterocycles. The van der Waals surface area contributed by atoms with Gasteiger partial charge in [0.1, 0.15) is 5.60 Å². The first-order chi connectivity index (χ1) is 9.24. The highest BCUT2D eigenvalue weighted by Gasteiger charge is 2.46. The zero-order valence-corrected chi connectivity index (χ0v) is 11.8. The molecule has 0 saturated carbocycles. The Bertz CT molecular complexity index is 562. The Kier molecular flexibility index (Phi) is 3.52. The van der Waals surface area contributed by atoms with Crippen LogP contribution in [-0.2, 0) is 0 Å². The van der Waals surface area contributed by atoms with Crippen molar-refractivity contribution in [1.29, 1.82) is 0 Å². The van der Waals surface area contributed by atoms with Gasteiger partial charge >= 0.3 is 0 Å². The number of carbonyl (C=O) groups is 1. The van der Waals surface area contributed by atoms with Gasteiger partial charge in [0.15, 0.2) is 0 Å². The number of non-ortho nitro benzene ring substituents is 1. The Hall–Kier alpha value is -1.95. The van der Waals surface area contributed by atoms with Crippen LogP contribution in [0.2, 0.25) is 0 Å². The predicted octanol–water partition coefficient (Wildman–Crippen LogP) is 1.75. The number of benzene rings is 1. The van der Waals surface area contributed by atoms with E-state index in [4.69, 9.17) is 0 Å². The molecule has 20 heavy (non-hydrogen) atoms. The minimum atomic E-state index is -0.815. The average Bonchev–Trinajstić information content (AvgIpc) is 2.33. The summed E-state index contributed by atoms with van der Waals surface area (Å²) in [7, 11) is 0. The smallest absolute Gasteiger partial charge is 0.269 e. The molecule has 0 radical (unpaired) electrons. The number of β-amino-alcohol motifs (C(OH)–C–C–N with tert-alkyl or cyclic N) is 1. The molecule has 0 unspecified atom stereocenters. The van der Waals surface area contributed by atoms with Crippen molar-refractivity contribution < 1.29 is 14.8 Å². The zero-order chi connectivity index (χ0) is 15.1. The highest BCUT2D eigenvalue weighted by molar-refractivity contribution is 5.96. The fraction of sp³-hybridized carbons (Fsp3) is 0.500. The Labute approximate surface area is 117 Å². The van der Waals surface area contributed by atoms with E-state index in [0.717, 1.165) is 0 Å². The van der Waals surface area contributed by atoms with Gasteiger partial charge in [-0.1, -0.05) is 13.8 Å². The number of rotatable bonds is 3. The number of nitro groups is 1. The lowest BCUT2D eigenvalue weighted by Gasteiger charge is -2.49. The van der Waals surface area contributed by atoms with Crippen LogP contribution in [0.15, 0.2) is 18.2 Å². The quantitative estimate of drug-likeness (QED) is 0.674. The monoisotopic (exact) mass is 278 g/mol. The summed E-state index contributed by atoms with van der Waals surface area (Å²) in [6.07, 6.45) is 0. The van der Waals surface area contributed by atoms with Crippen LogP contribution in [0.5, 0.6) is 0 Å². The Morgan fingerprint density at radius 1 is 1.45 bits per heavy atom. The van der Waals surface area contributed by atoms with E-state index in [-0.39, 0.29) is 17.5 Å². The van der Waals surface area contributed by atoms with Crippen molar-refractivity contribution in [3.63, 3.8) is 0 Å². The highest BCUT2D eigenvalue weighted by Crippen LogP contribution is 2.30. The Morgan fingerprint density at radius 2 is 2.05 bits per heavy atom. The first-order valence-electron chi connectivity index (χ1n) is 6.51. The highest BCUT2D eigenvalue weighted by atomic mass is 16.6. The van der Waals surface area contributed by atoms with E-state index in [2.05, 4.69) is 0 Å². The van der Waals surface area contributed by atoms with E-state index < -0.39 is 10.5 Å². The van der Waals surface area contributed by atoms with Crippen molar-refractivity contribution in [1.82, 2.24) is 4.90 Å². The van der Waals surface area contributed by atoms with Crippen LogP contribution in [0.1, 0.15) is 29.8 Å². The molecule has 0 aromatic heterocycles. The number of carbonyl (C=O) groups excluding carboxylic acids is 1. The van der Waals surface area contributed by atoms with Crippen LogP contribution in [0, 0.1) is 23.0 Å². The van der Waals surface area contributed by atoms with Gasteiger partial charge < -0.3 is 10.0 Å². The van der Waals surface area contributed by atoms with E-state index in [1.165, 1.54) is 18.2 Å². The molecule has 1 fully saturated rings. The van der Waals surface area contributed by atoms with Gasteiger partial charge in [-0.2, -0.15) is 0 Å². The number of nitrogens with zero attached hydrogens (tertiary/aromatic N) is 2. The van der Waals surface area contributed by atoms with Crippen LogP contribution >= 0.6 is 0 Å². The summed E-state index contributed by atoms with van der Waals surface area (Å²) in [5.74, 6) is -0.104. The van der Waals surface area contributed by atoms with Crippen LogP contribution in [0.4, 0.5) is 5.69 Å². The third-order valence-corrected chi connectivity index (χ3v) is 3.94. The number of amides is 1. The van der Waals surface area contributed by atoms with Crippen LogP contribution < -0.4 is 0 Å². The lowest BCUT2D eigenvalue weighted by molar-refractivity contribution is -0.384. The van der Waals surface area contributed by atoms with Crippen molar-refractivity contribution in [3.05, 3.63) is 39.4 Å². The second-order valence-corrected chi connectivity index (χ2v) is 5.68. The SMILES string of the molecule is Cc1cc([N+](=O)[O-])ccc1C(=O)N1CC(O)(C(C)C)C1. The number of nitro benzene ring substituents is 1. The van der Waals surface area contributed by atoms with Gasteiger partial charge in [-0.05, 0) is 24.5 Å². The fourth-order valence-corrected chi connectivity index (χ4v) is 2.30. The zero-order valence-electron chi connectivity index (χ0n) is 11.8. The van der Waals surface area contributed by atoms with Gasteiger partial charge in [0.05, 0.1) is 18.0 Å². The van der Waals surface area contributed by atoms with E-state index in [1.807, 2.05) is 13.8 Å². The lowest BCUT2D eigenvalue weighted by atomic mass is 9.82. The van der Waals surface area contributed by atoms with Gasteiger partial charge in [0, 0.05) is 17.7 Å². The summed E-state index contributed by atoms with van der Waals surface area (Å²) in [5, 5.41) is 20.8. The van der Waals surface area contributed by atoms with Gasteiger partial charge in [0.2, 0.25) is 0 Å². The second-order valence-electron chi connectivity index (χ2n) is 5.68. The molecule has 0 aliphatic carbocycles. The maximum Gasteiger partial charge on any atom is 0.269 e. The van der Waals surface area contributed by atoms with Crippen LogP contribution in [0.25, 0.3) is 0 Å². The molecule has 6 nitrogen and oxygen atoms in total. The summed E-state index contributed by atoms with van der Waals surface area (Å²) in [6.45, 7) is 6.12. The average molecular weight is 278 g/mol. The standard InChI is InChI=1S/C14H18N2O4/c1-9(2)14(18)7-15(8-14)13(17)12-5-4-11(16(19)20)6-10(12)3/h4-6,9,18H,7-8H2,1-3H3. The Morgan fingerprint density at radius 3 is 2.50 bits per heavy atom. The summed E-state index contributed by atoms with van der Waals surface area (Å²) in [5.41, 5.74) is 0.177.